The highest BCUT2D eigenvalue weighted by atomic mass is 31.2. The number of aliphatic hydroxyl groups is 1. The van der Waals surface area contributed by atoms with Crippen LogP contribution in [0, 0.1) is 6.57 Å². The van der Waals surface area contributed by atoms with Gasteiger partial charge in [-0.3, -0.25) is 13.6 Å². The molecule has 1 N–H and O–H groups in total. The van der Waals surface area contributed by atoms with E-state index in [-0.39, 0.29) is 38.6 Å². The van der Waals surface area contributed by atoms with Crippen LogP contribution in [0.15, 0.2) is 0 Å². The number of ether oxygens (including phenoxy) is 5. The molecule has 2 fully saturated rings. The van der Waals surface area contributed by atoms with Crippen LogP contribution in [0.5, 0.6) is 0 Å². The Morgan fingerprint density at radius 3 is 2.03 bits per heavy atom. The molecule has 11 nitrogen and oxygen atoms in total. The lowest BCUT2D eigenvalue weighted by atomic mass is 10.1. The van der Waals surface area contributed by atoms with Gasteiger partial charge >= 0.3 is 7.82 Å². The molecule has 2 heterocycles. The minimum absolute atomic E-state index is 0.0190. The summed E-state index contributed by atoms with van der Waals surface area (Å²) in [6, 6.07) is 0. The van der Waals surface area contributed by atoms with Crippen LogP contribution in [0.1, 0.15) is 13.8 Å². The predicted octanol–water partition coefficient (Wildman–Crippen LogP) is 1.04. The number of rotatable bonds is 12. The maximum Gasteiger partial charge on any atom is 0.475 e. The molecular weight excluding hydrogens is 421 g/mol. The molecule has 0 aromatic heterocycles. The van der Waals surface area contributed by atoms with Gasteiger partial charge in [0.15, 0.2) is 0 Å². The van der Waals surface area contributed by atoms with E-state index in [2.05, 4.69) is 4.85 Å². The first-order valence-electron chi connectivity index (χ1n) is 9.75. The van der Waals surface area contributed by atoms with Gasteiger partial charge in [-0.25, -0.2) is 11.1 Å². The zero-order valence-electron chi connectivity index (χ0n) is 18.0. The van der Waals surface area contributed by atoms with Gasteiger partial charge in [0.2, 0.25) is 6.54 Å². The summed E-state index contributed by atoms with van der Waals surface area (Å²) in [6.45, 7) is 9.81. The van der Waals surface area contributed by atoms with Gasteiger partial charge in [-0.15, -0.1) is 0 Å². The van der Waals surface area contributed by atoms with E-state index in [0.29, 0.717) is 0 Å². The maximum atomic E-state index is 13.4. The summed E-state index contributed by atoms with van der Waals surface area (Å²) in [5, 5.41) is 9.61. The Balaban J connectivity index is 2.12. The summed E-state index contributed by atoms with van der Waals surface area (Å²) in [5.74, 6) is 0. The lowest BCUT2D eigenvalue weighted by Crippen LogP contribution is -2.38. The standard InChI is InChI=1S/C18H32NO10P/c1-11-15(22-4)17(24-6)14(28-11)10-26-30(21,25-8-7-19-3)29-18-13(9-20)27-12(2)16(18)23-5/h11-18,20H,7-10H2,1-2,4-6H3/t11-,12-,13+,14+,15+,16+,17?,18?,30?/m0/s1. The summed E-state index contributed by atoms with van der Waals surface area (Å²) < 4.78 is 57.7. The normalized spacial score (nSPS) is 38.4. The van der Waals surface area contributed by atoms with Crippen LogP contribution in [0.25, 0.3) is 4.85 Å². The third kappa shape index (κ3) is 5.99. The quantitative estimate of drug-likeness (QED) is 0.261. The first kappa shape index (κ1) is 25.6. The third-order valence-electron chi connectivity index (χ3n) is 5.18. The number of aliphatic hydroxyl groups excluding tert-OH is 1. The first-order chi connectivity index (χ1) is 14.3. The van der Waals surface area contributed by atoms with E-state index in [0.717, 1.165) is 0 Å². The van der Waals surface area contributed by atoms with Gasteiger partial charge in [0, 0.05) is 21.3 Å². The second-order valence-corrected chi connectivity index (χ2v) is 8.69. The summed E-state index contributed by atoms with van der Waals surface area (Å²) in [5.41, 5.74) is 0. The SMILES string of the molecule is [C-]#[N+]CCOP(=O)(OC[C@H]1O[C@@H](C)[C@@H](OC)C1OC)OC1[C@@H](CO)O[C@@H](C)[C@H]1OC. The van der Waals surface area contributed by atoms with Crippen LogP contribution < -0.4 is 0 Å². The van der Waals surface area contributed by atoms with Crippen molar-refractivity contribution in [1.82, 2.24) is 0 Å². The van der Waals surface area contributed by atoms with Crippen molar-refractivity contribution >= 4 is 7.82 Å². The average Bonchev–Trinajstić information content (AvgIpc) is 3.20. The number of phosphoric acid groups is 1. The molecule has 2 rings (SSSR count). The number of nitrogens with zero attached hydrogens (tertiary/aromatic N) is 1. The molecule has 0 aromatic rings. The van der Waals surface area contributed by atoms with Crippen molar-refractivity contribution in [1.29, 1.82) is 0 Å². The van der Waals surface area contributed by atoms with Gasteiger partial charge in [0.05, 0.1) is 25.4 Å². The van der Waals surface area contributed by atoms with Crippen molar-refractivity contribution in [2.75, 3.05) is 47.7 Å². The summed E-state index contributed by atoms with van der Waals surface area (Å²) in [6.07, 6.45) is -4.20. The Labute approximate surface area is 177 Å². The van der Waals surface area contributed by atoms with E-state index in [9.17, 15) is 9.67 Å². The molecule has 0 spiro atoms. The summed E-state index contributed by atoms with van der Waals surface area (Å²) >= 11 is 0. The molecule has 30 heavy (non-hydrogen) atoms. The second kappa shape index (κ2) is 11.8. The van der Waals surface area contributed by atoms with Crippen LogP contribution in [0.4, 0.5) is 0 Å². The van der Waals surface area contributed by atoms with E-state index in [1.807, 2.05) is 6.92 Å². The Morgan fingerprint density at radius 1 is 0.933 bits per heavy atom. The Morgan fingerprint density at radius 2 is 1.50 bits per heavy atom. The molecule has 9 atom stereocenters. The largest absolute Gasteiger partial charge is 0.475 e. The van der Waals surface area contributed by atoms with E-state index >= 15 is 0 Å². The summed E-state index contributed by atoms with van der Waals surface area (Å²) in [7, 11) is 0.398. The lowest BCUT2D eigenvalue weighted by Gasteiger charge is -2.27. The van der Waals surface area contributed by atoms with Gasteiger partial charge in [0.1, 0.15) is 43.2 Å². The van der Waals surface area contributed by atoms with Crippen molar-refractivity contribution in [2.45, 2.75) is 62.7 Å². The summed E-state index contributed by atoms with van der Waals surface area (Å²) in [4.78, 5) is 3.18. The van der Waals surface area contributed by atoms with Gasteiger partial charge in [-0.1, -0.05) is 0 Å². The van der Waals surface area contributed by atoms with Crippen molar-refractivity contribution in [3.05, 3.63) is 11.4 Å². The highest BCUT2D eigenvalue weighted by Crippen LogP contribution is 2.53. The second-order valence-electron chi connectivity index (χ2n) is 7.07. The zero-order valence-corrected chi connectivity index (χ0v) is 18.9. The molecule has 0 aliphatic carbocycles. The van der Waals surface area contributed by atoms with Crippen molar-refractivity contribution < 1.29 is 46.9 Å². The van der Waals surface area contributed by atoms with Crippen LogP contribution in [-0.4, -0.2) is 102 Å². The minimum atomic E-state index is -4.15. The van der Waals surface area contributed by atoms with Crippen LogP contribution >= 0.6 is 7.82 Å². The average molecular weight is 453 g/mol. The van der Waals surface area contributed by atoms with E-state index in [1.165, 1.54) is 14.2 Å². The molecule has 3 unspecified atom stereocenters. The molecule has 12 heteroatoms. The van der Waals surface area contributed by atoms with E-state index < -0.39 is 44.4 Å². The number of methoxy groups -OCH3 is 3. The molecule has 2 aliphatic heterocycles. The van der Waals surface area contributed by atoms with Crippen LogP contribution in [0.2, 0.25) is 0 Å². The highest BCUT2D eigenvalue weighted by Gasteiger charge is 2.49. The molecule has 174 valence electrons. The molecule has 2 aliphatic rings. The molecule has 0 bridgehead atoms. The zero-order chi connectivity index (χ0) is 22.3. The molecule has 0 saturated carbocycles. The van der Waals surface area contributed by atoms with Gasteiger partial charge in [-0.05, 0) is 13.8 Å². The molecule has 0 radical (unpaired) electrons. The van der Waals surface area contributed by atoms with Gasteiger partial charge < -0.3 is 33.6 Å². The van der Waals surface area contributed by atoms with Crippen molar-refractivity contribution in [3.63, 3.8) is 0 Å². The number of hydrogen-bond acceptors (Lipinski definition) is 10. The van der Waals surface area contributed by atoms with Crippen LogP contribution in [0.3, 0.4) is 0 Å². The molecular formula is C18H32NO10P. The van der Waals surface area contributed by atoms with E-state index in [4.69, 9.17) is 43.8 Å². The predicted molar refractivity (Wildman–Crippen MR) is 104 cm³/mol. The topological polar surface area (TPSA) is 116 Å². The minimum Gasteiger partial charge on any atom is -0.394 e. The van der Waals surface area contributed by atoms with Crippen LogP contribution in [-0.2, 0) is 41.8 Å². The maximum absolute atomic E-state index is 13.4. The molecule has 0 amide bonds. The van der Waals surface area contributed by atoms with Gasteiger partial charge in [-0.2, -0.15) is 0 Å². The van der Waals surface area contributed by atoms with Crippen molar-refractivity contribution in [3.8, 4) is 0 Å². The van der Waals surface area contributed by atoms with E-state index in [1.54, 1.807) is 14.0 Å². The smallest absolute Gasteiger partial charge is 0.394 e. The van der Waals surface area contributed by atoms with Gasteiger partial charge in [0.25, 0.3) is 0 Å². The Kier molecular flexibility index (Phi) is 10.1. The molecule has 2 saturated heterocycles. The number of hydrogen-bond donors (Lipinski definition) is 1. The fourth-order valence-corrected chi connectivity index (χ4v) is 5.16. The lowest BCUT2D eigenvalue weighted by molar-refractivity contribution is -0.0532. The van der Waals surface area contributed by atoms with Crippen molar-refractivity contribution in [2.24, 2.45) is 0 Å². The fourth-order valence-electron chi connectivity index (χ4n) is 3.78. The third-order valence-corrected chi connectivity index (χ3v) is 6.65. The highest BCUT2D eigenvalue weighted by molar-refractivity contribution is 7.48. The fraction of sp³-hybridized carbons (Fsp3) is 0.944. The first-order valence-corrected chi connectivity index (χ1v) is 11.2. The Bertz CT molecular complexity index is 616. The Hall–Kier alpha value is -0.640. The monoisotopic (exact) mass is 453 g/mol. The molecule has 0 aromatic carbocycles. The number of phosphoric ester groups is 1.